The zero-order valence-corrected chi connectivity index (χ0v) is 29.6. The second kappa shape index (κ2) is 13.3. The van der Waals surface area contributed by atoms with Gasteiger partial charge in [-0.25, -0.2) is 13.4 Å². The number of hydrogen-bond donors (Lipinski definition) is 2. The fourth-order valence-corrected chi connectivity index (χ4v) is 7.54. The Morgan fingerprint density at radius 3 is 2.48 bits per heavy atom. The lowest BCUT2D eigenvalue weighted by atomic mass is 9.60. The van der Waals surface area contributed by atoms with E-state index in [1.165, 1.54) is 48.3 Å². The largest absolute Gasteiger partial charge is 0.494 e. The second-order valence-corrected chi connectivity index (χ2v) is 15.2. The standard InChI is InChI=1S/C35H47N7O5S/c1-8-23-18-27(30(45-6)19-28(23)42-14-12-35(13-15-42)20-25(21-35)40(3)4)38-34-36-22-24(9-2)33(39-34)37-26-10-11-29-32(47-17-16-46-29)31(26)41(5)48(7,43)44/h9-11,18-19,22,25H,2,8,12-17,20-21H2,1,3-7H3,(H2,36,37,38,39). The average Bonchev–Trinajstić information content (AvgIpc) is 3.06. The maximum absolute atomic E-state index is 12.7. The van der Waals surface area contributed by atoms with E-state index in [9.17, 15) is 8.42 Å². The van der Waals surface area contributed by atoms with Gasteiger partial charge >= 0.3 is 0 Å². The summed E-state index contributed by atoms with van der Waals surface area (Å²) in [5.41, 5.74) is 5.10. The van der Waals surface area contributed by atoms with Crippen molar-refractivity contribution < 1.29 is 22.6 Å². The summed E-state index contributed by atoms with van der Waals surface area (Å²) in [5.74, 6) is 2.29. The normalized spacial score (nSPS) is 17.2. The van der Waals surface area contributed by atoms with Gasteiger partial charge in [0, 0.05) is 49.7 Å². The minimum atomic E-state index is -3.63. The molecule has 3 heterocycles. The Labute approximate surface area is 284 Å². The summed E-state index contributed by atoms with van der Waals surface area (Å²) in [4.78, 5) is 14.2. The average molecular weight is 678 g/mol. The van der Waals surface area contributed by atoms with Gasteiger partial charge in [-0.15, -0.1) is 0 Å². The number of rotatable bonds is 11. The van der Waals surface area contributed by atoms with E-state index in [1.54, 1.807) is 31.5 Å². The molecule has 1 saturated carbocycles. The highest BCUT2D eigenvalue weighted by Gasteiger charge is 2.46. The molecule has 1 saturated heterocycles. The van der Waals surface area contributed by atoms with Gasteiger partial charge < -0.3 is 34.6 Å². The van der Waals surface area contributed by atoms with Crippen LogP contribution in [0.25, 0.3) is 6.08 Å². The zero-order valence-electron chi connectivity index (χ0n) is 28.8. The van der Waals surface area contributed by atoms with Crippen LogP contribution in [-0.2, 0) is 16.4 Å². The van der Waals surface area contributed by atoms with Crippen LogP contribution in [0.4, 0.5) is 34.5 Å². The molecule has 3 aromatic rings. The number of aryl methyl sites for hydroxylation is 1. The summed E-state index contributed by atoms with van der Waals surface area (Å²) >= 11 is 0. The van der Waals surface area contributed by atoms with Crippen LogP contribution < -0.4 is 34.0 Å². The molecule has 1 aromatic heterocycles. The fourth-order valence-electron chi connectivity index (χ4n) is 7.02. The van der Waals surface area contributed by atoms with E-state index in [4.69, 9.17) is 19.2 Å². The smallest absolute Gasteiger partial charge is 0.232 e. The number of anilines is 6. The predicted molar refractivity (Wildman–Crippen MR) is 192 cm³/mol. The van der Waals surface area contributed by atoms with Crippen LogP contribution in [0, 0.1) is 5.41 Å². The van der Waals surface area contributed by atoms with Crippen molar-refractivity contribution in [1.82, 2.24) is 14.9 Å². The molecule has 2 N–H and O–H groups in total. The molecule has 48 heavy (non-hydrogen) atoms. The molecule has 2 aliphatic heterocycles. The first kappa shape index (κ1) is 33.7. The number of sulfonamides is 1. The van der Waals surface area contributed by atoms with E-state index in [0.717, 1.165) is 31.5 Å². The number of methoxy groups -OCH3 is 1. The van der Waals surface area contributed by atoms with E-state index in [0.29, 0.717) is 70.6 Å². The molecule has 2 fully saturated rings. The second-order valence-electron chi connectivity index (χ2n) is 13.2. The van der Waals surface area contributed by atoms with Gasteiger partial charge in [-0.3, -0.25) is 4.31 Å². The fraction of sp³-hybridized carbons (Fsp3) is 0.486. The third kappa shape index (κ3) is 6.57. The first-order valence-corrected chi connectivity index (χ1v) is 18.3. The van der Waals surface area contributed by atoms with Gasteiger partial charge in [0.2, 0.25) is 16.0 Å². The molecule has 12 nitrogen and oxygen atoms in total. The van der Waals surface area contributed by atoms with Gasteiger partial charge in [-0.2, -0.15) is 4.98 Å². The number of nitrogens with one attached hydrogen (secondary N) is 2. The summed E-state index contributed by atoms with van der Waals surface area (Å²) in [7, 11) is 3.90. The Morgan fingerprint density at radius 1 is 1.10 bits per heavy atom. The maximum Gasteiger partial charge on any atom is 0.232 e. The van der Waals surface area contributed by atoms with Crippen molar-refractivity contribution in [3.05, 3.63) is 48.2 Å². The molecule has 0 amide bonds. The SMILES string of the molecule is C=Cc1cnc(Nc2cc(CC)c(N3CCC4(CC3)CC(N(C)C)C4)cc2OC)nc1Nc1ccc2c(c1N(C)S(C)(=O)=O)OCCO2. The van der Waals surface area contributed by atoms with E-state index >= 15 is 0 Å². The number of ether oxygens (including phenoxy) is 3. The first-order valence-electron chi connectivity index (χ1n) is 16.5. The summed E-state index contributed by atoms with van der Waals surface area (Å²) in [6, 6.07) is 8.46. The van der Waals surface area contributed by atoms with Crippen LogP contribution >= 0.6 is 0 Å². The highest BCUT2D eigenvalue weighted by Crippen LogP contribution is 2.51. The molecule has 1 spiro atoms. The minimum Gasteiger partial charge on any atom is -0.494 e. The van der Waals surface area contributed by atoms with E-state index in [-0.39, 0.29) is 0 Å². The van der Waals surface area contributed by atoms with Crippen LogP contribution in [0.2, 0.25) is 0 Å². The van der Waals surface area contributed by atoms with Gasteiger partial charge in [0.1, 0.15) is 30.5 Å². The zero-order chi connectivity index (χ0) is 34.2. The molecule has 2 aromatic carbocycles. The third-order valence-electron chi connectivity index (χ3n) is 10.0. The number of fused-ring (bicyclic) bond motifs is 1. The summed E-state index contributed by atoms with van der Waals surface area (Å²) in [5, 5.41) is 6.67. The Hall–Kier alpha value is -4.23. The number of piperidine rings is 1. The predicted octanol–water partition coefficient (Wildman–Crippen LogP) is 5.66. The molecule has 3 aliphatic rings. The number of benzene rings is 2. The molecule has 258 valence electrons. The molecule has 13 heteroatoms. The van der Waals surface area contributed by atoms with Gasteiger partial charge in [-0.1, -0.05) is 19.6 Å². The molecule has 0 unspecified atom stereocenters. The van der Waals surface area contributed by atoms with E-state index in [1.807, 2.05) is 0 Å². The first-order chi connectivity index (χ1) is 22.9. The van der Waals surface area contributed by atoms with Crippen LogP contribution in [0.5, 0.6) is 17.2 Å². The van der Waals surface area contributed by atoms with Crippen LogP contribution in [0.3, 0.4) is 0 Å². The van der Waals surface area contributed by atoms with E-state index < -0.39 is 10.0 Å². The third-order valence-corrected chi connectivity index (χ3v) is 11.2. The molecule has 0 radical (unpaired) electrons. The Kier molecular flexibility index (Phi) is 9.36. The van der Waals surface area contributed by atoms with Crippen molar-refractivity contribution in [2.24, 2.45) is 5.41 Å². The minimum absolute atomic E-state index is 0.302. The van der Waals surface area contributed by atoms with Crippen molar-refractivity contribution in [1.29, 1.82) is 0 Å². The van der Waals surface area contributed by atoms with Gasteiger partial charge in [0.05, 0.1) is 24.7 Å². The molecule has 0 atom stereocenters. The van der Waals surface area contributed by atoms with E-state index in [2.05, 4.69) is 65.1 Å². The molecule has 1 aliphatic carbocycles. The lowest BCUT2D eigenvalue weighted by molar-refractivity contribution is 0.00488. The summed E-state index contributed by atoms with van der Waals surface area (Å²) in [6.07, 6.45) is 10.3. The number of aromatic nitrogens is 2. The molecule has 0 bridgehead atoms. The van der Waals surface area contributed by atoms with Crippen molar-refractivity contribution in [3.63, 3.8) is 0 Å². The number of hydrogen-bond acceptors (Lipinski definition) is 11. The van der Waals surface area contributed by atoms with Crippen molar-refractivity contribution in [3.8, 4) is 17.2 Å². The summed E-state index contributed by atoms with van der Waals surface area (Å²) in [6.45, 7) is 8.87. The molecular formula is C35H47N7O5S. The Bertz CT molecular complexity index is 1780. The topological polar surface area (TPSA) is 121 Å². The quantitative estimate of drug-likeness (QED) is 0.262. The highest BCUT2D eigenvalue weighted by molar-refractivity contribution is 7.92. The Balaban J connectivity index is 1.26. The van der Waals surface area contributed by atoms with Gasteiger partial charge in [0.25, 0.3) is 0 Å². The number of nitrogens with zero attached hydrogens (tertiary/aromatic N) is 5. The Morgan fingerprint density at radius 2 is 1.83 bits per heavy atom. The van der Waals surface area contributed by atoms with Crippen molar-refractivity contribution in [2.75, 3.05) is 80.7 Å². The van der Waals surface area contributed by atoms with Gasteiger partial charge in [-0.05, 0) is 75.4 Å². The lowest BCUT2D eigenvalue weighted by Crippen LogP contribution is -2.53. The molecule has 6 rings (SSSR count). The molecular weight excluding hydrogens is 630 g/mol. The lowest BCUT2D eigenvalue weighted by Gasteiger charge is -2.54. The van der Waals surface area contributed by atoms with Gasteiger partial charge in [0.15, 0.2) is 11.5 Å². The van der Waals surface area contributed by atoms with Crippen LogP contribution in [-0.4, -0.2) is 90.1 Å². The maximum atomic E-state index is 12.7. The monoisotopic (exact) mass is 677 g/mol. The van der Waals surface area contributed by atoms with Crippen molar-refractivity contribution >= 4 is 50.6 Å². The summed E-state index contributed by atoms with van der Waals surface area (Å²) < 4.78 is 44.0. The van der Waals surface area contributed by atoms with Crippen LogP contribution in [0.1, 0.15) is 43.7 Å². The van der Waals surface area contributed by atoms with Crippen molar-refractivity contribution in [2.45, 2.75) is 45.1 Å². The highest BCUT2D eigenvalue weighted by atomic mass is 32.2. The van der Waals surface area contributed by atoms with Crippen LogP contribution in [0.15, 0.2) is 37.0 Å².